The number of fused-ring (bicyclic) bond motifs is 1. The molecular formula is C14H15Cl2NO5. The minimum Gasteiger partial charge on any atom is -0.508 e. The van der Waals surface area contributed by atoms with Crippen LogP contribution in [0.5, 0.6) is 5.75 Å². The van der Waals surface area contributed by atoms with E-state index in [-0.39, 0.29) is 22.7 Å². The first-order chi connectivity index (χ1) is 10.4. The molecule has 1 amide bonds. The molecule has 2 saturated heterocycles. The van der Waals surface area contributed by atoms with Crippen molar-refractivity contribution in [2.24, 2.45) is 0 Å². The van der Waals surface area contributed by atoms with Crippen LogP contribution in [0.15, 0.2) is 12.1 Å². The molecule has 2 heterocycles. The van der Waals surface area contributed by atoms with Crippen molar-refractivity contribution in [1.82, 2.24) is 4.90 Å². The van der Waals surface area contributed by atoms with Crippen LogP contribution in [-0.4, -0.2) is 57.7 Å². The number of phenols is 1. The zero-order chi connectivity index (χ0) is 16.0. The number of carbonyl (C=O) groups excluding carboxylic acids is 1. The Balaban J connectivity index is 1.89. The van der Waals surface area contributed by atoms with Gasteiger partial charge in [-0.2, -0.15) is 0 Å². The molecule has 120 valence electrons. The lowest BCUT2D eigenvalue weighted by Gasteiger charge is -2.20. The van der Waals surface area contributed by atoms with Crippen LogP contribution in [0.3, 0.4) is 0 Å². The molecule has 0 bridgehead atoms. The van der Waals surface area contributed by atoms with Crippen molar-refractivity contribution < 1.29 is 24.9 Å². The minimum absolute atomic E-state index is 0.0215. The molecule has 3 N–H and O–H groups in total. The van der Waals surface area contributed by atoms with Crippen LogP contribution in [0.25, 0.3) is 0 Å². The predicted molar refractivity (Wildman–Crippen MR) is 79.3 cm³/mol. The zero-order valence-corrected chi connectivity index (χ0v) is 13.0. The Morgan fingerprint density at radius 3 is 2.82 bits per heavy atom. The second-order valence-electron chi connectivity index (χ2n) is 5.54. The third-order valence-electron chi connectivity index (χ3n) is 4.28. The number of amides is 1. The van der Waals surface area contributed by atoms with E-state index in [4.69, 9.17) is 33.0 Å². The fraction of sp³-hybridized carbons (Fsp3) is 0.500. The molecule has 0 saturated carbocycles. The highest BCUT2D eigenvalue weighted by atomic mass is 35.5. The first-order valence-corrected chi connectivity index (χ1v) is 7.62. The number of aromatic hydroxyl groups is 1. The van der Waals surface area contributed by atoms with Crippen molar-refractivity contribution in [3.8, 4) is 5.75 Å². The van der Waals surface area contributed by atoms with Gasteiger partial charge in [0.1, 0.15) is 11.9 Å². The maximum atomic E-state index is 11.9. The smallest absolute Gasteiger partial charge is 0.410 e. The van der Waals surface area contributed by atoms with E-state index in [1.807, 2.05) is 0 Å². The van der Waals surface area contributed by atoms with Crippen LogP contribution < -0.4 is 0 Å². The number of hydrogen-bond donors (Lipinski definition) is 3. The number of aliphatic hydroxyl groups is 2. The highest BCUT2D eigenvalue weighted by molar-refractivity contribution is 6.42. The van der Waals surface area contributed by atoms with E-state index >= 15 is 0 Å². The van der Waals surface area contributed by atoms with Crippen molar-refractivity contribution in [3.63, 3.8) is 0 Å². The summed E-state index contributed by atoms with van der Waals surface area (Å²) in [4.78, 5) is 13.4. The second-order valence-corrected chi connectivity index (χ2v) is 6.33. The number of cyclic esters (lactones) is 1. The third kappa shape index (κ3) is 2.40. The van der Waals surface area contributed by atoms with Gasteiger partial charge < -0.3 is 25.0 Å². The largest absolute Gasteiger partial charge is 0.508 e. The van der Waals surface area contributed by atoms with E-state index in [0.717, 1.165) is 0 Å². The first-order valence-electron chi connectivity index (χ1n) is 6.87. The Morgan fingerprint density at radius 2 is 2.14 bits per heavy atom. The molecule has 1 aromatic carbocycles. The summed E-state index contributed by atoms with van der Waals surface area (Å²) in [6.45, 7) is -0.179. The van der Waals surface area contributed by atoms with Gasteiger partial charge in [0.2, 0.25) is 0 Å². The quantitative estimate of drug-likeness (QED) is 0.774. The molecule has 0 aliphatic carbocycles. The number of carbonyl (C=O) groups is 1. The number of aliphatic hydroxyl groups excluding tert-OH is 2. The van der Waals surface area contributed by atoms with Gasteiger partial charge in [-0.3, -0.25) is 0 Å². The van der Waals surface area contributed by atoms with E-state index in [9.17, 15) is 15.0 Å². The highest BCUT2D eigenvalue weighted by Gasteiger charge is 2.51. The summed E-state index contributed by atoms with van der Waals surface area (Å²) in [7, 11) is 0. The van der Waals surface area contributed by atoms with Crippen LogP contribution in [0.4, 0.5) is 4.79 Å². The minimum atomic E-state index is -1.14. The number of ether oxygens (including phenoxy) is 1. The number of benzene rings is 1. The van der Waals surface area contributed by atoms with Crippen molar-refractivity contribution in [1.29, 1.82) is 0 Å². The van der Waals surface area contributed by atoms with E-state index in [2.05, 4.69) is 0 Å². The Bertz CT molecular complexity index is 611. The number of rotatable bonds is 3. The third-order valence-corrected chi connectivity index (χ3v) is 5.10. The van der Waals surface area contributed by atoms with Crippen LogP contribution in [0.2, 0.25) is 10.0 Å². The summed E-state index contributed by atoms with van der Waals surface area (Å²) < 4.78 is 5.10. The maximum absolute atomic E-state index is 11.9. The van der Waals surface area contributed by atoms with E-state index in [1.54, 1.807) is 0 Å². The van der Waals surface area contributed by atoms with Crippen LogP contribution in [-0.2, 0) is 4.74 Å². The van der Waals surface area contributed by atoms with Crippen molar-refractivity contribution in [3.05, 3.63) is 27.7 Å². The molecule has 0 radical (unpaired) electrons. The summed E-state index contributed by atoms with van der Waals surface area (Å²) in [5, 5.41) is 29.5. The fourth-order valence-electron chi connectivity index (χ4n) is 3.24. The van der Waals surface area contributed by atoms with Crippen LogP contribution >= 0.6 is 23.2 Å². The summed E-state index contributed by atoms with van der Waals surface area (Å²) in [5.41, 5.74) is 0.494. The molecular weight excluding hydrogens is 333 g/mol. The standard InChI is InChI=1S/C14H15Cl2NO5/c15-7-1-2-9(19)11(12(7)16)6-3-8-13(10(20)5-18)22-14(21)17(8)4-6/h1-2,6,8,10,13,18-20H,3-5H2/t6-,8-,10+,13+/m0/s1. The van der Waals surface area contributed by atoms with Crippen molar-refractivity contribution in [2.45, 2.75) is 30.6 Å². The van der Waals surface area contributed by atoms with Gasteiger partial charge in [0.25, 0.3) is 0 Å². The average Bonchev–Trinajstić information content (AvgIpc) is 3.04. The number of phenolic OH excluding ortho intramolecular Hbond substituents is 1. The molecule has 0 spiro atoms. The van der Waals surface area contributed by atoms with Gasteiger partial charge in [-0.05, 0) is 18.6 Å². The lowest BCUT2D eigenvalue weighted by molar-refractivity contribution is -0.0135. The Labute approximate surface area is 136 Å². The summed E-state index contributed by atoms with van der Waals surface area (Å²) in [6, 6.07) is 2.60. The molecule has 0 aromatic heterocycles. The van der Waals surface area contributed by atoms with Gasteiger partial charge in [0.15, 0.2) is 6.10 Å². The number of halogens is 2. The Kier molecular flexibility index (Phi) is 4.11. The fourth-order valence-corrected chi connectivity index (χ4v) is 3.72. The summed E-state index contributed by atoms with van der Waals surface area (Å²) in [5.74, 6) is -0.189. The van der Waals surface area contributed by atoms with Gasteiger partial charge in [-0.25, -0.2) is 4.79 Å². The lowest BCUT2D eigenvalue weighted by atomic mass is 9.92. The molecule has 8 heteroatoms. The maximum Gasteiger partial charge on any atom is 0.410 e. The number of nitrogens with zero attached hydrogens (tertiary/aromatic N) is 1. The molecule has 0 unspecified atom stereocenters. The van der Waals surface area contributed by atoms with E-state index < -0.39 is 24.9 Å². The van der Waals surface area contributed by atoms with Gasteiger partial charge >= 0.3 is 6.09 Å². The highest BCUT2D eigenvalue weighted by Crippen LogP contribution is 2.45. The molecule has 22 heavy (non-hydrogen) atoms. The summed E-state index contributed by atoms with van der Waals surface area (Å²) in [6.07, 6.45) is -2.01. The topological polar surface area (TPSA) is 90.2 Å². The molecule has 1 aromatic rings. The van der Waals surface area contributed by atoms with Gasteiger partial charge in [-0.1, -0.05) is 23.2 Å². The van der Waals surface area contributed by atoms with Gasteiger partial charge in [-0.15, -0.1) is 0 Å². The van der Waals surface area contributed by atoms with Crippen molar-refractivity contribution in [2.75, 3.05) is 13.2 Å². The zero-order valence-electron chi connectivity index (χ0n) is 11.4. The molecule has 2 fully saturated rings. The normalized spacial score (nSPS) is 28.6. The molecule has 4 atom stereocenters. The second kappa shape index (κ2) is 5.77. The number of hydrogen-bond acceptors (Lipinski definition) is 5. The van der Waals surface area contributed by atoms with Gasteiger partial charge in [0, 0.05) is 18.0 Å². The Hall–Kier alpha value is -1.21. The average molecular weight is 348 g/mol. The summed E-state index contributed by atoms with van der Waals surface area (Å²) >= 11 is 12.2. The van der Waals surface area contributed by atoms with Crippen LogP contribution in [0.1, 0.15) is 17.9 Å². The van der Waals surface area contributed by atoms with Crippen molar-refractivity contribution >= 4 is 29.3 Å². The molecule has 3 rings (SSSR count). The first kappa shape index (κ1) is 15.7. The monoisotopic (exact) mass is 347 g/mol. The lowest BCUT2D eigenvalue weighted by Crippen LogP contribution is -2.39. The Morgan fingerprint density at radius 1 is 1.41 bits per heavy atom. The molecule has 2 aliphatic rings. The van der Waals surface area contributed by atoms with Gasteiger partial charge in [0.05, 0.1) is 22.7 Å². The predicted octanol–water partition coefficient (Wildman–Crippen LogP) is 1.73. The van der Waals surface area contributed by atoms with E-state index in [1.165, 1.54) is 17.0 Å². The SMILES string of the molecule is O=C1O[C@@H]([C@H](O)CO)[C@@H]2C[C@H](c3c(O)ccc(Cl)c3Cl)CN12. The van der Waals surface area contributed by atoms with E-state index in [0.29, 0.717) is 23.6 Å². The molecule has 6 nitrogen and oxygen atoms in total. The molecule has 2 aliphatic heterocycles. The van der Waals surface area contributed by atoms with Crippen LogP contribution in [0, 0.1) is 0 Å².